The Hall–Kier alpha value is -0.780. The van der Waals surface area contributed by atoms with E-state index in [1.165, 1.54) is 6.07 Å². The van der Waals surface area contributed by atoms with Crippen molar-refractivity contribution in [2.75, 3.05) is 0 Å². The van der Waals surface area contributed by atoms with Gasteiger partial charge in [-0.25, -0.2) is 0 Å². The number of aromatic nitrogens is 1. The molecule has 0 spiro atoms. The smallest absolute Gasteiger partial charge is 0.434 e. The molecule has 0 atom stereocenters. The maximum atomic E-state index is 12.4. The number of ether oxygens (including phenoxy) is 1. The third kappa shape index (κ3) is 2.42. The Labute approximate surface area is 92.6 Å². The van der Waals surface area contributed by atoms with Gasteiger partial charge >= 0.3 is 6.18 Å². The topological polar surface area (TPSA) is 22.1 Å². The summed E-state index contributed by atoms with van der Waals surface area (Å²) in [6.45, 7) is 0. The third-order valence-electron chi connectivity index (χ3n) is 1.94. The quantitative estimate of drug-likeness (QED) is 0.829. The van der Waals surface area contributed by atoms with Crippen LogP contribution in [0.15, 0.2) is 16.7 Å². The van der Waals surface area contributed by atoms with E-state index in [4.69, 9.17) is 4.74 Å². The molecular formula is C9H7BrF3NO. The molecular weight excluding hydrogens is 275 g/mol. The van der Waals surface area contributed by atoms with Crippen molar-refractivity contribution in [3.8, 4) is 5.75 Å². The number of nitrogens with zero attached hydrogens (tertiary/aromatic N) is 1. The second kappa shape index (κ2) is 3.66. The summed E-state index contributed by atoms with van der Waals surface area (Å²) in [7, 11) is 0. The summed E-state index contributed by atoms with van der Waals surface area (Å²) in [5.41, 5.74) is -0.944. The fourth-order valence-corrected chi connectivity index (χ4v) is 1.63. The van der Waals surface area contributed by atoms with E-state index in [0.717, 1.165) is 19.0 Å². The average Bonchev–Trinajstić information content (AvgIpc) is 2.90. The molecule has 82 valence electrons. The molecule has 2 nitrogen and oxygen atoms in total. The first-order valence-corrected chi connectivity index (χ1v) is 5.16. The predicted molar refractivity (Wildman–Crippen MR) is 50.6 cm³/mol. The standard InChI is InChI=1S/C9H7BrF3NO/c10-7-6(15-5-1-2-5)3-4-14-8(7)9(11,12)13/h3-5H,1-2H2. The van der Waals surface area contributed by atoms with E-state index in [0.29, 0.717) is 0 Å². The Morgan fingerprint density at radius 3 is 2.60 bits per heavy atom. The number of hydrogen-bond donors (Lipinski definition) is 0. The Morgan fingerprint density at radius 2 is 2.07 bits per heavy atom. The molecule has 0 bridgehead atoms. The van der Waals surface area contributed by atoms with Crippen molar-refractivity contribution in [1.29, 1.82) is 0 Å². The predicted octanol–water partition coefficient (Wildman–Crippen LogP) is 3.40. The summed E-state index contributed by atoms with van der Waals surface area (Å²) in [5, 5.41) is 0. The van der Waals surface area contributed by atoms with Gasteiger partial charge in [-0.15, -0.1) is 0 Å². The molecule has 1 aliphatic rings. The van der Waals surface area contributed by atoms with Crippen LogP contribution in [0, 0.1) is 0 Å². The highest BCUT2D eigenvalue weighted by Crippen LogP contribution is 2.39. The summed E-state index contributed by atoms with van der Waals surface area (Å²) < 4.78 is 42.5. The number of alkyl halides is 3. The molecule has 1 fully saturated rings. The van der Waals surface area contributed by atoms with E-state index in [1.54, 1.807) is 0 Å². The molecule has 0 N–H and O–H groups in total. The van der Waals surface area contributed by atoms with Crippen molar-refractivity contribution in [2.24, 2.45) is 0 Å². The summed E-state index contributed by atoms with van der Waals surface area (Å²) >= 11 is 2.87. The van der Waals surface area contributed by atoms with Gasteiger partial charge in [0.05, 0.1) is 10.6 Å². The fraction of sp³-hybridized carbons (Fsp3) is 0.444. The monoisotopic (exact) mass is 281 g/mol. The van der Waals surface area contributed by atoms with E-state index in [1.807, 2.05) is 0 Å². The van der Waals surface area contributed by atoms with Gasteiger partial charge in [0.25, 0.3) is 0 Å². The third-order valence-corrected chi connectivity index (χ3v) is 2.71. The molecule has 1 aromatic heterocycles. The molecule has 0 unspecified atom stereocenters. The second-order valence-corrected chi connectivity index (χ2v) is 4.08. The molecule has 1 saturated carbocycles. The van der Waals surface area contributed by atoms with E-state index in [-0.39, 0.29) is 16.3 Å². The first kappa shape index (κ1) is 10.7. The van der Waals surface area contributed by atoms with Gasteiger partial charge in [-0.05, 0) is 34.8 Å². The summed E-state index contributed by atoms with van der Waals surface area (Å²) in [4.78, 5) is 3.29. The zero-order valence-corrected chi connectivity index (χ0v) is 9.10. The first-order chi connectivity index (χ1) is 6.98. The minimum atomic E-state index is -4.46. The highest BCUT2D eigenvalue weighted by molar-refractivity contribution is 9.10. The van der Waals surface area contributed by atoms with Gasteiger partial charge in [-0.3, -0.25) is 4.98 Å². The summed E-state index contributed by atoms with van der Waals surface area (Å²) in [6.07, 6.45) is -1.50. The molecule has 2 rings (SSSR count). The van der Waals surface area contributed by atoms with Crippen molar-refractivity contribution in [3.05, 3.63) is 22.4 Å². The van der Waals surface area contributed by atoms with E-state index < -0.39 is 11.9 Å². The highest BCUT2D eigenvalue weighted by atomic mass is 79.9. The van der Waals surface area contributed by atoms with Crippen LogP contribution in [0.4, 0.5) is 13.2 Å². The SMILES string of the molecule is FC(F)(F)c1nccc(OC2CC2)c1Br. The lowest BCUT2D eigenvalue weighted by molar-refractivity contribution is -0.141. The minimum Gasteiger partial charge on any atom is -0.489 e. The molecule has 0 amide bonds. The molecule has 0 aromatic carbocycles. The van der Waals surface area contributed by atoms with Crippen LogP contribution in [0.3, 0.4) is 0 Å². The van der Waals surface area contributed by atoms with Crippen molar-refractivity contribution in [2.45, 2.75) is 25.1 Å². The van der Waals surface area contributed by atoms with E-state index in [2.05, 4.69) is 20.9 Å². The molecule has 6 heteroatoms. The van der Waals surface area contributed by atoms with Crippen LogP contribution in [-0.2, 0) is 6.18 Å². The largest absolute Gasteiger partial charge is 0.489 e. The number of rotatable bonds is 2. The summed E-state index contributed by atoms with van der Waals surface area (Å²) in [5.74, 6) is 0.208. The van der Waals surface area contributed by atoms with Crippen LogP contribution in [0.25, 0.3) is 0 Å². The van der Waals surface area contributed by atoms with Crippen molar-refractivity contribution < 1.29 is 17.9 Å². The molecule has 15 heavy (non-hydrogen) atoms. The molecule has 1 aromatic rings. The van der Waals surface area contributed by atoms with Gasteiger partial charge in [0, 0.05) is 6.20 Å². The fourth-order valence-electron chi connectivity index (χ4n) is 1.08. The lowest BCUT2D eigenvalue weighted by Gasteiger charge is -2.11. The molecule has 1 heterocycles. The maximum absolute atomic E-state index is 12.4. The van der Waals surface area contributed by atoms with Gasteiger partial charge < -0.3 is 4.74 Å². The van der Waals surface area contributed by atoms with Gasteiger partial charge in [0.2, 0.25) is 0 Å². The van der Waals surface area contributed by atoms with E-state index >= 15 is 0 Å². The lowest BCUT2D eigenvalue weighted by Crippen LogP contribution is -2.10. The highest BCUT2D eigenvalue weighted by Gasteiger charge is 2.36. The van der Waals surface area contributed by atoms with Crippen molar-refractivity contribution in [3.63, 3.8) is 0 Å². The lowest BCUT2D eigenvalue weighted by atomic mass is 10.3. The van der Waals surface area contributed by atoms with Gasteiger partial charge in [-0.2, -0.15) is 13.2 Å². The number of halogens is 4. The van der Waals surface area contributed by atoms with Crippen molar-refractivity contribution >= 4 is 15.9 Å². The van der Waals surface area contributed by atoms with Crippen LogP contribution in [0.1, 0.15) is 18.5 Å². The van der Waals surface area contributed by atoms with Crippen LogP contribution < -0.4 is 4.74 Å². The second-order valence-electron chi connectivity index (χ2n) is 3.29. The zero-order valence-electron chi connectivity index (χ0n) is 7.51. The van der Waals surface area contributed by atoms with Gasteiger partial charge in [0.1, 0.15) is 5.75 Å². The Balaban J connectivity index is 2.31. The maximum Gasteiger partial charge on any atom is 0.434 e. The molecule has 0 aliphatic heterocycles. The Bertz CT molecular complexity index is 376. The zero-order chi connectivity index (χ0) is 11.1. The molecule has 1 aliphatic carbocycles. The van der Waals surface area contributed by atoms with Gasteiger partial charge in [0.15, 0.2) is 5.69 Å². The number of hydrogen-bond acceptors (Lipinski definition) is 2. The van der Waals surface area contributed by atoms with Crippen LogP contribution in [-0.4, -0.2) is 11.1 Å². The van der Waals surface area contributed by atoms with Crippen LogP contribution in [0.5, 0.6) is 5.75 Å². The van der Waals surface area contributed by atoms with Crippen LogP contribution in [0.2, 0.25) is 0 Å². The Morgan fingerprint density at radius 1 is 1.40 bits per heavy atom. The van der Waals surface area contributed by atoms with Gasteiger partial charge in [-0.1, -0.05) is 0 Å². The molecule has 0 saturated heterocycles. The number of pyridine rings is 1. The van der Waals surface area contributed by atoms with E-state index in [9.17, 15) is 13.2 Å². The van der Waals surface area contributed by atoms with Crippen molar-refractivity contribution in [1.82, 2.24) is 4.98 Å². The first-order valence-electron chi connectivity index (χ1n) is 4.37. The Kier molecular flexibility index (Phi) is 2.62. The summed E-state index contributed by atoms with van der Waals surface area (Å²) in [6, 6.07) is 1.43. The normalized spacial score (nSPS) is 16.5. The van der Waals surface area contributed by atoms with Crippen LogP contribution >= 0.6 is 15.9 Å². The minimum absolute atomic E-state index is 0.0600. The molecule has 0 radical (unpaired) electrons. The average molecular weight is 282 g/mol.